The predicted molar refractivity (Wildman–Crippen MR) is 254 cm³/mol. The summed E-state index contributed by atoms with van der Waals surface area (Å²) in [5, 5.41) is 8.72. The van der Waals surface area contributed by atoms with Crippen LogP contribution in [0, 0.1) is 5.41 Å². The van der Waals surface area contributed by atoms with Gasteiger partial charge in [-0.2, -0.15) is 0 Å². The summed E-state index contributed by atoms with van der Waals surface area (Å²) in [6, 6.07) is 42.1. The Morgan fingerprint density at radius 3 is 1.73 bits per heavy atom. The molecule has 0 saturated carbocycles. The molecule has 0 bridgehead atoms. The van der Waals surface area contributed by atoms with Gasteiger partial charge in [-0.1, -0.05) is 168 Å². The Morgan fingerprint density at radius 1 is 0.643 bits per heavy atom. The van der Waals surface area contributed by atoms with Gasteiger partial charge < -0.3 is 47.4 Å². The number of imide groups is 1. The van der Waals surface area contributed by atoms with Gasteiger partial charge in [-0.15, -0.1) is 0 Å². The second-order valence-corrected chi connectivity index (χ2v) is 19.2. The van der Waals surface area contributed by atoms with Gasteiger partial charge in [0.1, 0.15) is 42.7 Å². The lowest BCUT2D eigenvalue weighted by molar-refractivity contribution is -0.386. The van der Waals surface area contributed by atoms with Crippen molar-refractivity contribution in [1.29, 1.82) is 5.41 Å². The van der Waals surface area contributed by atoms with Crippen molar-refractivity contribution in [1.82, 2.24) is 4.90 Å². The van der Waals surface area contributed by atoms with E-state index < -0.39 is 95.1 Å². The summed E-state index contributed by atoms with van der Waals surface area (Å²) in [6.45, 7) is 1.15. The molecule has 11 atom stereocenters. The van der Waals surface area contributed by atoms with E-state index in [1.807, 2.05) is 121 Å². The first-order chi connectivity index (χ1) is 33.9. The second kappa shape index (κ2) is 22.4. The van der Waals surface area contributed by atoms with Gasteiger partial charge >= 0.3 is 5.97 Å². The largest absolute Gasteiger partial charge is 0.454 e. The van der Waals surface area contributed by atoms with E-state index in [0.29, 0.717) is 5.56 Å². The number of rotatable bonds is 16. The van der Waals surface area contributed by atoms with Crippen LogP contribution in [-0.2, 0) is 72.0 Å². The van der Waals surface area contributed by atoms with E-state index in [-0.39, 0.29) is 44.2 Å². The molecule has 0 unspecified atom stereocenters. The predicted octanol–water partition coefficient (Wildman–Crippen LogP) is 8.28. The number of ether oxygens (including phenoxy) is 10. The smallest absolute Gasteiger partial charge is 0.303 e. The van der Waals surface area contributed by atoms with Crippen molar-refractivity contribution < 1.29 is 61.8 Å². The number of nitrogens with one attached hydrogen (secondary N) is 1. The summed E-state index contributed by atoms with van der Waals surface area (Å²) in [6.07, 6.45) is -12.0. The molecule has 5 aromatic carbocycles. The molecule has 4 aliphatic heterocycles. The van der Waals surface area contributed by atoms with E-state index >= 15 is 0 Å². The lowest BCUT2D eigenvalue weighted by atomic mass is 9.93. The van der Waals surface area contributed by atoms with Crippen LogP contribution in [0.15, 0.2) is 146 Å². The Kier molecular flexibility index (Phi) is 15.9. The van der Waals surface area contributed by atoms with Gasteiger partial charge in [-0.25, -0.2) is 0 Å². The Bertz CT molecular complexity index is 2540. The molecule has 0 spiro atoms. The Morgan fingerprint density at radius 2 is 1.17 bits per heavy atom. The number of fused-ring (bicyclic) bond motifs is 2. The highest BCUT2D eigenvalue weighted by Gasteiger charge is 2.60. The maximum Gasteiger partial charge on any atom is 0.303 e. The van der Waals surface area contributed by atoms with Crippen molar-refractivity contribution >= 4 is 58.5 Å². The van der Waals surface area contributed by atoms with E-state index in [4.69, 9.17) is 87.6 Å². The number of carbonyl (C=O) groups excluding carboxylic acids is 3. The molecule has 18 heteroatoms. The van der Waals surface area contributed by atoms with Gasteiger partial charge in [0.2, 0.25) is 12.2 Å². The number of hydrogen-bond donors (Lipinski definition) is 1. The molecule has 2 amide bonds. The normalized spacial score (nSPS) is 27.6. The van der Waals surface area contributed by atoms with Crippen LogP contribution in [0.4, 0.5) is 0 Å². The molecular weight excluding hydrogens is 967 g/mol. The molecule has 5 aromatic rings. The molecule has 3 saturated heterocycles. The lowest BCUT2D eigenvalue weighted by Crippen LogP contribution is -2.70. The van der Waals surface area contributed by atoms with Crippen LogP contribution < -0.4 is 0 Å². The monoisotopic (exact) mass is 1010 g/mol. The van der Waals surface area contributed by atoms with Crippen LogP contribution in [0.25, 0.3) is 0 Å². The van der Waals surface area contributed by atoms with E-state index in [1.165, 1.54) is 19.1 Å². The molecular formula is C52H49Cl3N2O13. The summed E-state index contributed by atoms with van der Waals surface area (Å²) in [4.78, 5) is 43.3. The summed E-state index contributed by atoms with van der Waals surface area (Å²) in [5.41, 5.74) is 3.35. The first-order valence-corrected chi connectivity index (χ1v) is 23.7. The number of alkyl halides is 3. The van der Waals surface area contributed by atoms with Gasteiger partial charge in [0.25, 0.3) is 15.6 Å². The van der Waals surface area contributed by atoms with Crippen LogP contribution in [0.5, 0.6) is 0 Å². The zero-order valence-corrected chi connectivity index (χ0v) is 39.9. The average Bonchev–Trinajstić information content (AvgIpc) is 3.62. The summed E-state index contributed by atoms with van der Waals surface area (Å²) in [7, 11) is 0. The molecule has 3 fully saturated rings. The number of hydrogen-bond acceptors (Lipinski definition) is 14. The molecule has 0 aromatic heterocycles. The van der Waals surface area contributed by atoms with Crippen molar-refractivity contribution in [3.8, 4) is 0 Å². The fraction of sp³-hybridized carbons (Fsp3) is 0.346. The molecule has 0 aliphatic carbocycles. The Labute approximate surface area is 419 Å². The van der Waals surface area contributed by atoms with Crippen LogP contribution in [0.2, 0.25) is 0 Å². The van der Waals surface area contributed by atoms with E-state index in [2.05, 4.69) is 0 Å². The SMILES string of the molecule is CC(=O)O[C@H]1[C@H](O[C@H]2[C@H](OCc3ccccc3)[C@@H](N3C(=O)c4ccccc4C3=O)[C@H](OC(=N)C(Cl)(Cl)Cl)O[C@@H]2COCc2ccccc2)O[C@@H]2CO[C@@H](c3ccccc3)O[C@H]2[C@@H]1OCc1ccccc1. The minimum absolute atomic E-state index is 0.00745. The van der Waals surface area contributed by atoms with Gasteiger partial charge in [0.05, 0.1) is 44.2 Å². The third kappa shape index (κ3) is 11.4. The third-order valence-corrected chi connectivity index (χ3v) is 12.7. The quantitative estimate of drug-likeness (QED) is 0.0330. The van der Waals surface area contributed by atoms with Gasteiger partial charge in [0, 0.05) is 12.5 Å². The van der Waals surface area contributed by atoms with Crippen molar-refractivity contribution in [3.05, 3.63) is 179 Å². The number of halogens is 3. The number of nitrogens with zero attached hydrogens (tertiary/aromatic N) is 1. The summed E-state index contributed by atoms with van der Waals surface area (Å²) in [5.74, 6) is -2.96. The topological polar surface area (TPSA) is 171 Å². The maximum absolute atomic E-state index is 14.6. The van der Waals surface area contributed by atoms with Gasteiger partial charge in [-0.3, -0.25) is 24.7 Å². The van der Waals surface area contributed by atoms with Crippen LogP contribution in [-0.4, -0.2) is 107 Å². The summed E-state index contributed by atoms with van der Waals surface area (Å²) < 4.78 is 63.1. The number of amides is 2. The van der Waals surface area contributed by atoms with Gasteiger partial charge in [0.15, 0.2) is 18.7 Å². The summed E-state index contributed by atoms with van der Waals surface area (Å²) >= 11 is 18.6. The van der Waals surface area contributed by atoms with Gasteiger partial charge in [-0.05, 0) is 28.8 Å². The molecule has 0 radical (unpaired) electrons. The molecule has 1 N–H and O–H groups in total. The fourth-order valence-corrected chi connectivity index (χ4v) is 9.04. The highest BCUT2D eigenvalue weighted by molar-refractivity contribution is 6.76. The van der Waals surface area contributed by atoms with Crippen molar-refractivity contribution in [2.45, 2.75) is 98.2 Å². The molecule has 4 aliphatic rings. The lowest BCUT2D eigenvalue weighted by Gasteiger charge is -2.52. The highest BCUT2D eigenvalue weighted by Crippen LogP contribution is 2.42. The molecule has 9 rings (SSSR count). The Hall–Kier alpha value is -5.27. The third-order valence-electron chi connectivity index (χ3n) is 12.1. The zero-order chi connectivity index (χ0) is 48.8. The fourth-order valence-electron chi connectivity index (χ4n) is 8.91. The molecule has 4 heterocycles. The zero-order valence-electron chi connectivity index (χ0n) is 37.6. The van der Waals surface area contributed by atoms with E-state index in [9.17, 15) is 14.4 Å². The van der Waals surface area contributed by atoms with Crippen molar-refractivity contribution in [2.24, 2.45) is 0 Å². The first-order valence-electron chi connectivity index (χ1n) is 22.6. The maximum atomic E-state index is 14.6. The first kappa shape index (κ1) is 49.7. The Balaban J connectivity index is 1.14. The highest BCUT2D eigenvalue weighted by atomic mass is 35.6. The van der Waals surface area contributed by atoms with Crippen molar-refractivity contribution in [3.63, 3.8) is 0 Å². The molecule has 366 valence electrons. The van der Waals surface area contributed by atoms with E-state index in [1.54, 1.807) is 12.1 Å². The number of esters is 1. The number of carbonyl (C=O) groups is 3. The second-order valence-electron chi connectivity index (χ2n) is 16.9. The minimum atomic E-state index is -2.40. The van der Waals surface area contributed by atoms with Crippen molar-refractivity contribution in [2.75, 3.05) is 13.2 Å². The molecule has 70 heavy (non-hydrogen) atoms. The van der Waals surface area contributed by atoms with Crippen LogP contribution in [0.1, 0.15) is 56.2 Å². The van der Waals surface area contributed by atoms with Crippen LogP contribution >= 0.6 is 34.8 Å². The molecule has 15 nitrogen and oxygen atoms in total. The standard InChI is InChI=1S/C52H49Cl3N2O13/c1-31(58)65-45-44(63-28-34-20-10-4-11-21-34)42-39(30-64-48(68-42)35-22-12-5-13-23-35)67-50(45)69-41-38(29-61-26-32-16-6-2-7-17-32)66-49(70-51(56)52(53,54)55)40(43(41)62-27-33-18-8-3-9-19-33)57-46(59)36-24-14-15-25-37(36)47(57)60/h2-25,38-45,48-50,56H,26-30H2,1H3/t38-,39-,40-,41-,42-,43-,44+,45-,48-,49+,50+/m1/s1. The van der Waals surface area contributed by atoms with Crippen LogP contribution in [0.3, 0.4) is 0 Å². The minimum Gasteiger partial charge on any atom is -0.454 e. The van der Waals surface area contributed by atoms with E-state index in [0.717, 1.165) is 21.6 Å². The number of benzene rings is 5. The average molecular weight is 1020 g/mol.